The summed E-state index contributed by atoms with van der Waals surface area (Å²) in [6.45, 7) is 4.37. The molecule has 8 aromatic rings. The Labute approximate surface area is 334 Å². The van der Waals surface area contributed by atoms with E-state index in [0.717, 1.165) is 22.5 Å². The van der Waals surface area contributed by atoms with Crippen LogP contribution < -0.4 is 36.7 Å². The molecule has 1 nitrogen and oxygen atoms in total. The molecule has 264 valence electrons. The molecule has 0 radical (unpaired) electrons. The molecule has 0 bridgehead atoms. The molecule has 2 heterocycles. The predicted molar refractivity (Wildman–Crippen MR) is 246 cm³/mol. The summed E-state index contributed by atoms with van der Waals surface area (Å²) in [7, 11) is 0. The Morgan fingerprint density at radius 2 is 0.691 bits per heavy atom. The van der Waals surface area contributed by atoms with E-state index < -0.39 is 12.1 Å². The van der Waals surface area contributed by atoms with E-state index in [-0.39, 0.29) is 0 Å². The highest BCUT2D eigenvalue weighted by atomic mass is 32.4. The molecular formula is C50H37NP2S2. The molecule has 10 rings (SSSR count). The van der Waals surface area contributed by atoms with Crippen LogP contribution in [-0.2, 0) is 23.6 Å². The first-order chi connectivity index (χ1) is 26.8. The van der Waals surface area contributed by atoms with Gasteiger partial charge < -0.3 is 4.90 Å². The van der Waals surface area contributed by atoms with Crippen molar-refractivity contribution in [1.82, 2.24) is 0 Å². The second-order valence-corrected chi connectivity index (χ2v) is 23.3. The van der Waals surface area contributed by atoms with Crippen LogP contribution in [0.4, 0.5) is 17.1 Å². The minimum absolute atomic E-state index is 1.14. The third kappa shape index (κ3) is 5.41. The zero-order valence-electron chi connectivity index (χ0n) is 30.6. The van der Waals surface area contributed by atoms with Gasteiger partial charge in [-0.1, -0.05) is 168 Å². The summed E-state index contributed by atoms with van der Waals surface area (Å²) in [4.78, 5) is 2.51. The number of anilines is 3. The second-order valence-electron chi connectivity index (χ2n) is 14.6. The molecule has 0 aliphatic carbocycles. The Bertz CT molecular complexity index is 2700. The van der Waals surface area contributed by atoms with Crippen molar-refractivity contribution < 1.29 is 0 Å². The molecule has 5 heteroatoms. The lowest BCUT2D eigenvalue weighted by Crippen LogP contribution is -2.46. The molecule has 8 aromatic carbocycles. The molecule has 0 amide bonds. The molecule has 2 aliphatic rings. The van der Waals surface area contributed by atoms with Gasteiger partial charge in [0, 0.05) is 33.3 Å². The van der Waals surface area contributed by atoms with Crippen LogP contribution >= 0.6 is 12.1 Å². The smallest absolute Gasteiger partial charge is 0.0644 e. The Balaban J connectivity index is 1.37. The van der Waals surface area contributed by atoms with E-state index in [1.54, 1.807) is 0 Å². The summed E-state index contributed by atoms with van der Waals surface area (Å²) in [5.41, 5.74) is 12.9. The lowest BCUT2D eigenvalue weighted by Gasteiger charge is -2.47. The normalized spacial score (nSPS) is 17.9. The van der Waals surface area contributed by atoms with Crippen LogP contribution in [0.2, 0.25) is 0 Å². The molecule has 0 saturated carbocycles. The van der Waals surface area contributed by atoms with E-state index in [4.69, 9.17) is 23.6 Å². The van der Waals surface area contributed by atoms with Gasteiger partial charge in [-0.2, -0.15) is 0 Å². The fraction of sp³-hybridized carbons (Fsp3) is 0.0400. The van der Waals surface area contributed by atoms with Crippen LogP contribution in [0.5, 0.6) is 0 Å². The van der Waals surface area contributed by atoms with E-state index in [1.807, 2.05) is 0 Å². The van der Waals surface area contributed by atoms with Gasteiger partial charge >= 0.3 is 0 Å². The van der Waals surface area contributed by atoms with E-state index in [2.05, 4.69) is 207 Å². The number of aryl methyl sites for hydroxylation is 2. The number of nitrogens with zero attached hydrogens (tertiary/aromatic N) is 1. The van der Waals surface area contributed by atoms with Crippen molar-refractivity contribution in [2.24, 2.45) is 0 Å². The fourth-order valence-electron chi connectivity index (χ4n) is 8.48. The second kappa shape index (κ2) is 13.3. The predicted octanol–water partition coefficient (Wildman–Crippen LogP) is 10.9. The van der Waals surface area contributed by atoms with Crippen LogP contribution in [0.3, 0.4) is 0 Å². The lowest BCUT2D eigenvalue weighted by molar-refractivity contribution is 1.30. The molecule has 0 N–H and O–H groups in total. The molecule has 55 heavy (non-hydrogen) atoms. The average molecular weight is 778 g/mol. The Hall–Kier alpha value is -5.14. The first-order valence-corrected chi connectivity index (χ1v) is 24.2. The van der Waals surface area contributed by atoms with Gasteiger partial charge in [-0.05, 0) is 112 Å². The van der Waals surface area contributed by atoms with Gasteiger partial charge in [0.1, 0.15) is 0 Å². The van der Waals surface area contributed by atoms with Crippen molar-refractivity contribution in [3.05, 3.63) is 199 Å². The quantitative estimate of drug-likeness (QED) is 0.160. The summed E-state index contributed by atoms with van der Waals surface area (Å²) in [5.74, 6) is 0. The molecule has 0 saturated heterocycles. The Morgan fingerprint density at radius 3 is 1.09 bits per heavy atom. The summed E-state index contributed by atoms with van der Waals surface area (Å²) in [6, 6.07) is 63.7. The molecule has 0 spiro atoms. The van der Waals surface area contributed by atoms with Gasteiger partial charge in [-0.25, -0.2) is 0 Å². The number of hydrogen-bond acceptors (Lipinski definition) is 3. The van der Waals surface area contributed by atoms with E-state index in [0.29, 0.717) is 0 Å². The summed E-state index contributed by atoms with van der Waals surface area (Å²) >= 11 is 14.5. The number of hydrogen-bond donors (Lipinski definition) is 0. The van der Waals surface area contributed by atoms with Crippen LogP contribution in [0, 0.1) is 13.8 Å². The molecule has 2 unspecified atom stereocenters. The average Bonchev–Trinajstić information content (AvgIpc) is 3.24. The first kappa shape index (κ1) is 34.4. The first-order valence-electron chi connectivity index (χ1n) is 18.6. The van der Waals surface area contributed by atoms with Crippen molar-refractivity contribution in [3.8, 4) is 33.4 Å². The summed E-state index contributed by atoms with van der Waals surface area (Å²) < 4.78 is 0. The SMILES string of the molecule is Cc1ccc2c(c1)P(=S)(c1ccccc1)c1cc(-c3cc(-c4ccccc4)cc(-c4ccccc4)c3)cc3c1N2c1ccc(C)cc1P3(=S)c1ccccc1. The minimum atomic E-state index is -2.61. The molecule has 0 fully saturated rings. The van der Waals surface area contributed by atoms with Gasteiger partial charge in [-0.3, -0.25) is 0 Å². The topological polar surface area (TPSA) is 3.24 Å². The lowest BCUT2D eigenvalue weighted by atomic mass is 9.93. The zero-order chi connectivity index (χ0) is 37.3. The molecular weight excluding hydrogens is 741 g/mol. The van der Waals surface area contributed by atoms with Crippen molar-refractivity contribution >= 4 is 84.6 Å². The van der Waals surface area contributed by atoms with Crippen LogP contribution in [0.1, 0.15) is 11.1 Å². The highest BCUT2D eigenvalue weighted by molar-refractivity contribution is 8.27. The standard InChI is InChI=1S/C50H37NP2S2/c1-34-23-25-44-46(27-34)52(54,42-19-11-5-12-20-42)48-32-41(40-30-38(36-15-7-3-8-16-36)29-39(31-40)37-17-9-4-10-18-37)33-49-50(48)51(44)45-26-24-35(2)28-47(45)53(49,55)43-21-13-6-14-22-43/h3-33H,1-2H3. The number of rotatable bonds is 5. The zero-order valence-corrected chi connectivity index (χ0v) is 34.0. The number of fused-ring (bicyclic) bond motifs is 4. The Kier molecular flexibility index (Phi) is 8.29. The third-order valence-electron chi connectivity index (χ3n) is 11.1. The van der Waals surface area contributed by atoms with Gasteiger partial charge in [-0.15, -0.1) is 0 Å². The van der Waals surface area contributed by atoms with Crippen molar-refractivity contribution in [2.45, 2.75) is 13.8 Å². The van der Waals surface area contributed by atoms with Crippen LogP contribution in [-0.4, -0.2) is 0 Å². The third-order valence-corrected chi connectivity index (χ3v) is 20.9. The Morgan fingerprint density at radius 1 is 0.345 bits per heavy atom. The summed E-state index contributed by atoms with van der Waals surface area (Å²) in [5, 5.41) is 7.27. The van der Waals surface area contributed by atoms with E-state index >= 15 is 0 Å². The fourth-order valence-corrected chi connectivity index (χ4v) is 17.3. The maximum absolute atomic E-state index is 7.26. The van der Waals surface area contributed by atoms with Gasteiger partial charge in [0.2, 0.25) is 0 Å². The summed E-state index contributed by atoms with van der Waals surface area (Å²) in [6.07, 6.45) is 0. The monoisotopic (exact) mass is 777 g/mol. The molecule has 2 aliphatic heterocycles. The number of benzene rings is 8. The van der Waals surface area contributed by atoms with Gasteiger partial charge in [0.05, 0.1) is 17.1 Å². The van der Waals surface area contributed by atoms with Crippen molar-refractivity contribution in [3.63, 3.8) is 0 Å². The maximum Gasteiger partial charge on any atom is 0.0644 e. The van der Waals surface area contributed by atoms with Crippen molar-refractivity contribution in [2.75, 3.05) is 4.90 Å². The van der Waals surface area contributed by atoms with Crippen molar-refractivity contribution in [1.29, 1.82) is 0 Å². The minimum Gasteiger partial charge on any atom is -0.308 e. The van der Waals surface area contributed by atoms with E-state index in [9.17, 15) is 0 Å². The largest absolute Gasteiger partial charge is 0.308 e. The van der Waals surface area contributed by atoms with Crippen LogP contribution in [0.15, 0.2) is 188 Å². The maximum atomic E-state index is 7.26. The molecule has 2 atom stereocenters. The highest BCUT2D eigenvalue weighted by Crippen LogP contribution is 2.61. The molecule has 0 aromatic heterocycles. The van der Waals surface area contributed by atoms with E-state index in [1.165, 1.54) is 70.9 Å². The van der Waals surface area contributed by atoms with Gasteiger partial charge in [0.25, 0.3) is 0 Å². The van der Waals surface area contributed by atoms with Gasteiger partial charge in [0.15, 0.2) is 0 Å². The van der Waals surface area contributed by atoms with Crippen LogP contribution in [0.25, 0.3) is 33.4 Å². The highest BCUT2D eigenvalue weighted by Gasteiger charge is 2.46.